The molecule has 0 saturated carbocycles. The van der Waals surface area contributed by atoms with Crippen LogP contribution in [0, 0.1) is 0 Å². The van der Waals surface area contributed by atoms with Crippen molar-refractivity contribution in [2.24, 2.45) is 0 Å². The summed E-state index contributed by atoms with van der Waals surface area (Å²) in [7, 11) is 0. The van der Waals surface area contributed by atoms with E-state index in [1.54, 1.807) is 42.0 Å². The van der Waals surface area contributed by atoms with Crippen LogP contribution in [0.2, 0.25) is 0 Å². The average Bonchev–Trinajstić information content (AvgIpc) is 2.69. The first-order valence-corrected chi connectivity index (χ1v) is 8.39. The van der Waals surface area contributed by atoms with E-state index >= 15 is 0 Å². The van der Waals surface area contributed by atoms with Gasteiger partial charge >= 0.3 is 0 Å². The fraction of sp³-hybridized carbons (Fsp3) is 0.211. The Morgan fingerprint density at radius 2 is 1.96 bits per heavy atom. The summed E-state index contributed by atoms with van der Waals surface area (Å²) < 4.78 is 1.42. The number of carbonyl (C=O) groups excluding carboxylic acids is 1. The highest BCUT2D eigenvalue weighted by Crippen LogP contribution is 2.27. The molecule has 1 amide bonds. The zero-order chi connectivity index (χ0) is 17.9. The van der Waals surface area contributed by atoms with Gasteiger partial charge in [0.1, 0.15) is 12.9 Å². The summed E-state index contributed by atoms with van der Waals surface area (Å²) in [6.45, 7) is 1.06. The van der Waals surface area contributed by atoms with Crippen LogP contribution in [0.1, 0.15) is 11.3 Å². The highest BCUT2D eigenvalue weighted by molar-refractivity contribution is 5.77. The predicted molar refractivity (Wildman–Crippen MR) is 95.1 cm³/mol. The molecule has 1 aliphatic rings. The zero-order valence-electron chi connectivity index (χ0n) is 14.1. The van der Waals surface area contributed by atoms with Crippen LogP contribution in [-0.4, -0.2) is 36.9 Å². The number of hydrogen-bond donors (Lipinski definition) is 0. The molecule has 0 aromatic carbocycles. The van der Waals surface area contributed by atoms with Gasteiger partial charge in [0.15, 0.2) is 0 Å². The summed E-state index contributed by atoms with van der Waals surface area (Å²) in [5, 5.41) is 0. The second kappa shape index (κ2) is 6.87. The second-order valence-electron chi connectivity index (χ2n) is 6.12. The van der Waals surface area contributed by atoms with E-state index in [4.69, 9.17) is 0 Å². The second-order valence-corrected chi connectivity index (χ2v) is 6.12. The minimum Gasteiger partial charge on any atom is -0.336 e. The van der Waals surface area contributed by atoms with Crippen molar-refractivity contribution in [3.8, 4) is 11.3 Å². The molecule has 0 saturated heterocycles. The molecule has 0 N–H and O–H groups in total. The monoisotopic (exact) mass is 347 g/mol. The topological polar surface area (TPSA) is 81.0 Å². The number of carbonyl (C=O) groups is 1. The van der Waals surface area contributed by atoms with E-state index in [0.717, 1.165) is 22.5 Å². The predicted octanol–water partition coefficient (Wildman–Crippen LogP) is 1.29. The van der Waals surface area contributed by atoms with Gasteiger partial charge in [-0.25, -0.2) is 9.97 Å². The third-order valence-electron chi connectivity index (χ3n) is 4.51. The van der Waals surface area contributed by atoms with Crippen molar-refractivity contribution >= 4 is 5.91 Å². The van der Waals surface area contributed by atoms with Gasteiger partial charge in [0.2, 0.25) is 5.91 Å². The fourth-order valence-corrected chi connectivity index (χ4v) is 3.15. The summed E-state index contributed by atoms with van der Waals surface area (Å²) in [4.78, 5) is 39.1. The molecule has 26 heavy (non-hydrogen) atoms. The van der Waals surface area contributed by atoms with Gasteiger partial charge in [0.05, 0.1) is 11.4 Å². The van der Waals surface area contributed by atoms with E-state index in [0.29, 0.717) is 19.5 Å². The van der Waals surface area contributed by atoms with Gasteiger partial charge in [-0.2, -0.15) is 0 Å². The van der Waals surface area contributed by atoms with Crippen molar-refractivity contribution in [1.29, 1.82) is 0 Å². The number of pyridine rings is 2. The first-order chi connectivity index (χ1) is 12.7. The largest absolute Gasteiger partial charge is 0.336 e. The summed E-state index contributed by atoms with van der Waals surface area (Å²) in [6.07, 6.45) is 7.30. The Labute approximate surface area is 150 Å². The molecule has 3 aromatic heterocycles. The van der Waals surface area contributed by atoms with Crippen LogP contribution >= 0.6 is 0 Å². The molecule has 4 rings (SSSR count). The number of aromatic nitrogens is 4. The van der Waals surface area contributed by atoms with Crippen LogP contribution < -0.4 is 5.56 Å². The third kappa shape index (κ3) is 3.11. The van der Waals surface area contributed by atoms with Gasteiger partial charge in [0.25, 0.3) is 5.56 Å². The number of amides is 1. The zero-order valence-corrected chi connectivity index (χ0v) is 14.1. The summed E-state index contributed by atoms with van der Waals surface area (Å²) in [6, 6.07) is 8.66. The summed E-state index contributed by atoms with van der Waals surface area (Å²) in [5.41, 5.74) is 3.52. The van der Waals surface area contributed by atoms with Crippen LogP contribution in [-0.2, 0) is 24.3 Å². The third-order valence-corrected chi connectivity index (χ3v) is 4.51. The van der Waals surface area contributed by atoms with Crippen LogP contribution in [0.15, 0.2) is 60.0 Å². The van der Waals surface area contributed by atoms with Crippen LogP contribution in [0.25, 0.3) is 11.3 Å². The fourth-order valence-electron chi connectivity index (χ4n) is 3.15. The number of rotatable bonds is 3. The molecule has 0 radical (unpaired) electrons. The van der Waals surface area contributed by atoms with E-state index < -0.39 is 0 Å². The Balaban J connectivity index is 1.60. The first kappa shape index (κ1) is 16.1. The molecule has 7 nitrogen and oxygen atoms in total. The lowest BCUT2D eigenvalue weighted by molar-refractivity contribution is -0.132. The summed E-state index contributed by atoms with van der Waals surface area (Å²) in [5.74, 6) is -0.0894. The standard InChI is InChI=1S/C19H17N5O2/c25-17-3-1-2-9-23(17)12-18(26)24-10-6-16-15(11-24)19(22-13-21-16)14-4-7-20-8-5-14/h1-5,7-9,13H,6,10-12H2. The highest BCUT2D eigenvalue weighted by atomic mass is 16.2. The molecule has 0 spiro atoms. The molecule has 0 atom stereocenters. The molecule has 7 heteroatoms. The van der Waals surface area contributed by atoms with Crippen molar-refractivity contribution in [3.05, 3.63) is 76.9 Å². The smallest absolute Gasteiger partial charge is 0.250 e. The Morgan fingerprint density at radius 3 is 2.77 bits per heavy atom. The van der Waals surface area contributed by atoms with E-state index in [1.807, 2.05) is 12.1 Å². The molecule has 0 bridgehead atoms. The van der Waals surface area contributed by atoms with Gasteiger partial charge in [-0.05, 0) is 18.2 Å². The van der Waals surface area contributed by atoms with Crippen LogP contribution in [0.3, 0.4) is 0 Å². The van der Waals surface area contributed by atoms with Gasteiger partial charge in [-0.3, -0.25) is 14.6 Å². The minimum atomic E-state index is -0.181. The molecule has 130 valence electrons. The maximum atomic E-state index is 12.7. The Kier molecular flexibility index (Phi) is 4.27. The lowest BCUT2D eigenvalue weighted by Gasteiger charge is -2.29. The quantitative estimate of drug-likeness (QED) is 0.713. The van der Waals surface area contributed by atoms with Crippen LogP contribution in [0.4, 0.5) is 0 Å². The Morgan fingerprint density at radius 1 is 1.12 bits per heavy atom. The van der Waals surface area contributed by atoms with E-state index in [9.17, 15) is 9.59 Å². The Hall–Kier alpha value is -3.35. The van der Waals surface area contributed by atoms with Crippen molar-refractivity contribution in [1.82, 2.24) is 24.4 Å². The maximum Gasteiger partial charge on any atom is 0.250 e. The van der Waals surface area contributed by atoms with Gasteiger partial charge in [-0.1, -0.05) is 6.07 Å². The SMILES string of the molecule is O=C(Cn1ccccc1=O)N1CCc2ncnc(-c3ccncc3)c2C1. The van der Waals surface area contributed by atoms with Crippen LogP contribution in [0.5, 0.6) is 0 Å². The van der Waals surface area contributed by atoms with Gasteiger partial charge < -0.3 is 9.47 Å². The molecule has 0 aliphatic carbocycles. The molecule has 1 aliphatic heterocycles. The van der Waals surface area contributed by atoms with Crippen molar-refractivity contribution in [2.75, 3.05) is 6.54 Å². The lowest BCUT2D eigenvalue weighted by atomic mass is 10.00. The summed E-state index contributed by atoms with van der Waals surface area (Å²) >= 11 is 0. The van der Waals surface area contributed by atoms with E-state index in [2.05, 4.69) is 15.0 Å². The van der Waals surface area contributed by atoms with Gasteiger partial charge in [0, 0.05) is 55.3 Å². The molecular weight excluding hydrogens is 330 g/mol. The van der Waals surface area contributed by atoms with Crippen molar-refractivity contribution in [2.45, 2.75) is 19.5 Å². The minimum absolute atomic E-state index is 0.0350. The molecule has 3 aromatic rings. The van der Waals surface area contributed by atoms with E-state index in [-0.39, 0.29) is 18.0 Å². The van der Waals surface area contributed by atoms with Crippen molar-refractivity contribution in [3.63, 3.8) is 0 Å². The maximum absolute atomic E-state index is 12.7. The molecule has 0 unspecified atom stereocenters. The lowest BCUT2D eigenvalue weighted by Crippen LogP contribution is -2.40. The van der Waals surface area contributed by atoms with Gasteiger partial charge in [-0.15, -0.1) is 0 Å². The first-order valence-electron chi connectivity index (χ1n) is 8.39. The number of hydrogen-bond acceptors (Lipinski definition) is 5. The molecule has 0 fully saturated rings. The van der Waals surface area contributed by atoms with Crippen molar-refractivity contribution < 1.29 is 4.79 Å². The Bertz CT molecular complexity index is 1000. The average molecular weight is 347 g/mol. The van der Waals surface area contributed by atoms with E-state index in [1.165, 1.54) is 10.6 Å². The number of fused-ring (bicyclic) bond motifs is 1. The number of nitrogens with zero attached hydrogens (tertiary/aromatic N) is 5. The molecule has 4 heterocycles. The highest BCUT2D eigenvalue weighted by Gasteiger charge is 2.25. The molecular formula is C19H17N5O2. The normalized spacial score (nSPS) is 13.3.